The highest BCUT2D eigenvalue weighted by atomic mass is 19.1. The van der Waals surface area contributed by atoms with Gasteiger partial charge in [-0.25, -0.2) is 9.18 Å². The van der Waals surface area contributed by atoms with Crippen LogP contribution in [0.1, 0.15) is 40.7 Å². The maximum absolute atomic E-state index is 15.1. The van der Waals surface area contributed by atoms with Crippen LogP contribution in [0.4, 0.5) is 4.39 Å². The van der Waals surface area contributed by atoms with Gasteiger partial charge < -0.3 is 9.64 Å². The fourth-order valence-corrected chi connectivity index (χ4v) is 5.02. The molecule has 2 aromatic carbocycles. The molecular formula is C23H19FN4O3. The van der Waals surface area contributed by atoms with Crippen LogP contribution in [-0.2, 0) is 20.5 Å². The number of aromatic nitrogens is 3. The van der Waals surface area contributed by atoms with Crippen LogP contribution in [-0.4, -0.2) is 44.6 Å². The number of fused-ring (bicyclic) bond motifs is 2. The molecule has 0 unspecified atom stereocenters. The Bertz CT molecular complexity index is 1220. The molecule has 0 radical (unpaired) electrons. The number of likely N-dealkylation sites (tertiary alicyclic amines) is 1. The number of rotatable bonds is 3. The molecule has 31 heavy (non-hydrogen) atoms. The molecule has 8 heteroatoms. The zero-order valence-corrected chi connectivity index (χ0v) is 16.6. The molecular weight excluding hydrogens is 399 g/mol. The highest BCUT2D eigenvalue weighted by Crippen LogP contribution is 2.52. The van der Waals surface area contributed by atoms with Crippen molar-refractivity contribution in [3.05, 3.63) is 77.6 Å². The van der Waals surface area contributed by atoms with E-state index in [1.807, 2.05) is 18.2 Å². The van der Waals surface area contributed by atoms with Crippen LogP contribution in [0.2, 0.25) is 0 Å². The molecule has 3 aliphatic rings. The second-order valence-corrected chi connectivity index (χ2v) is 8.52. The van der Waals surface area contributed by atoms with Crippen molar-refractivity contribution in [3.63, 3.8) is 0 Å². The van der Waals surface area contributed by atoms with E-state index in [4.69, 9.17) is 4.74 Å². The molecule has 1 spiro atoms. The number of carbonyl (C=O) groups excluding carboxylic acids is 2. The maximum atomic E-state index is 15.1. The number of hydrogen-bond acceptors (Lipinski definition) is 5. The number of halogens is 1. The zero-order chi connectivity index (χ0) is 21.2. The van der Waals surface area contributed by atoms with E-state index >= 15 is 4.39 Å². The maximum Gasteiger partial charge on any atom is 0.339 e. The molecule has 0 N–H and O–H groups in total. The summed E-state index contributed by atoms with van der Waals surface area (Å²) in [6.45, 7) is 0.777. The van der Waals surface area contributed by atoms with Crippen molar-refractivity contribution in [1.29, 1.82) is 0 Å². The lowest BCUT2D eigenvalue weighted by Gasteiger charge is -2.27. The predicted molar refractivity (Wildman–Crippen MR) is 107 cm³/mol. The van der Waals surface area contributed by atoms with Crippen molar-refractivity contribution in [1.82, 2.24) is 19.7 Å². The molecule has 3 aromatic rings. The Morgan fingerprint density at radius 3 is 2.55 bits per heavy atom. The molecule has 1 amide bonds. The van der Waals surface area contributed by atoms with Gasteiger partial charge in [-0.3, -0.25) is 9.36 Å². The Hall–Kier alpha value is -3.55. The average Bonchev–Trinajstić information content (AvgIpc) is 3.13. The van der Waals surface area contributed by atoms with Crippen LogP contribution in [0.25, 0.3) is 5.69 Å². The van der Waals surface area contributed by atoms with E-state index in [1.54, 1.807) is 27.7 Å². The first-order valence-electron chi connectivity index (χ1n) is 10.3. The summed E-state index contributed by atoms with van der Waals surface area (Å²) in [6, 6.07) is 12.2. The highest BCUT2D eigenvalue weighted by molar-refractivity contribution is 5.96. The Morgan fingerprint density at radius 1 is 1.03 bits per heavy atom. The average molecular weight is 418 g/mol. The lowest BCUT2D eigenvalue weighted by atomic mass is 9.91. The van der Waals surface area contributed by atoms with Crippen LogP contribution in [0.5, 0.6) is 0 Å². The number of ether oxygens (including phenoxy) is 1. The van der Waals surface area contributed by atoms with Crippen molar-refractivity contribution < 1.29 is 18.7 Å². The summed E-state index contributed by atoms with van der Waals surface area (Å²) >= 11 is 0. The molecule has 1 aromatic heterocycles. The number of hydrogen-bond donors (Lipinski definition) is 0. The quantitative estimate of drug-likeness (QED) is 0.612. The largest absolute Gasteiger partial charge is 0.449 e. The molecule has 1 atom stereocenters. The van der Waals surface area contributed by atoms with E-state index in [9.17, 15) is 9.59 Å². The van der Waals surface area contributed by atoms with Gasteiger partial charge in [-0.15, -0.1) is 10.2 Å². The third kappa shape index (κ3) is 2.57. The highest BCUT2D eigenvalue weighted by Gasteiger charge is 2.58. The lowest BCUT2D eigenvalue weighted by Crippen LogP contribution is -2.40. The molecule has 1 saturated carbocycles. The van der Waals surface area contributed by atoms with E-state index in [0.717, 1.165) is 5.56 Å². The van der Waals surface area contributed by atoms with Gasteiger partial charge in [0.25, 0.3) is 0 Å². The molecule has 3 heterocycles. The molecule has 156 valence electrons. The standard InChI is InChI=1S/C23H19FN4O3/c24-19-11-15(28-13-25-26-14-28)5-6-18(19)22(7-8-22)21(30)27-10-9-23(12-27)17-4-2-1-3-16(17)20(29)31-23/h1-6,11,13-14H,7-10,12H2/t23-/m0/s1. The van der Waals surface area contributed by atoms with Gasteiger partial charge in [0.05, 0.1) is 23.2 Å². The Kier molecular flexibility index (Phi) is 3.66. The Labute approximate surface area is 177 Å². The van der Waals surface area contributed by atoms with Gasteiger partial charge in [-0.2, -0.15) is 0 Å². The molecule has 1 saturated heterocycles. The summed E-state index contributed by atoms with van der Waals surface area (Å²) in [7, 11) is 0. The number of benzene rings is 2. The van der Waals surface area contributed by atoms with Crippen molar-refractivity contribution in [2.75, 3.05) is 13.1 Å². The second kappa shape index (κ2) is 6.23. The first kappa shape index (κ1) is 18.2. The monoisotopic (exact) mass is 418 g/mol. The van der Waals surface area contributed by atoms with Gasteiger partial charge in [0.2, 0.25) is 5.91 Å². The molecule has 6 rings (SSSR count). The van der Waals surface area contributed by atoms with Gasteiger partial charge in [0.15, 0.2) is 5.60 Å². The molecule has 2 fully saturated rings. The molecule has 2 aliphatic heterocycles. The zero-order valence-electron chi connectivity index (χ0n) is 16.6. The fourth-order valence-electron chi connectivity index (χ4n) is 5.02. The summed E-state index contributed by atoms with van der Waals surface area (Å²) in [4.78, 5) is 27.6. The normalized spacial score (nSPS) is 23.1. The lowest BCUT2D eigenvalue weighted by molar-refractivity contribution is -0.134. The predicted octanol–water partition coefficient (Wildman–Crippen LogP) is 2.74. The van der Waals surface area contributed by atoms with Gasteiger partial charge in [-0.05, 0) is 31.0 Å². The first-order chi connectivity index (χ1) is 15.0. The Balaban J connectivity index is 1.28. The summed E-state index contributed by atoms with van der Waals surface area (Å²) in [5.41, 5.74) is 0.779. The van der Waals surface area contributed by atoms with E-state index in [-0.39, 0.29) is 11.9 Å². The Morgan fingerprint density at radius 2 is 1.81 bits per heavy atom. The van der Waals surface area contributed by atoms with Crippen LogP contribution in [0.15, 0.2) is 55.1 Å². The van der Waals surface area contributed by atoms with E-state index in [1.165, 1.54) is 18.7 Å². The number of amides is 1. The van der Waals surface area contributed by atoms with E-state index in [0.29, 0.717) is 49.2 Å². The fraction of sp³-hybridized carbons (Fsp3) is 0.304. The molecule has 1 aliphatic carbocycles. The minimum atomic E-state index is -0.844. The van der Waals surface area contributed by atoms with Gasteiger partial charge in [0, 0.05) is 24.1 Å². The minimum Gasteiger partial charge on any atom is -0.449 e. The van der Waals surface area contributed by atoms with E-state index < -0.39 is 16.8 Å². The van der Waals surface area contributed by atoms with Crippen molar-refractivity contribution in [2.45, 2.75) is 30.3 Å². The first-order valence-corrected chi connectivity index (χ1v) is 10.3. The molecule has 0 bridgehead atoms. The smallest absolute Gasteiger partial charge is 0.339 e. The number of esters is 1. The topological polar surface area (TPSA) is 77.3 Å². The van der Waals surface area contributed by atoms with Crippen molar-refractivity contribution >= 4 is 11.9 Å². The van der Waals surface area contributed by atoms with Crippen LogP contribution in [0.3, 0.4) is 0 Å². The van der Waals surface area contributed by atoms with Crippen LogP contribution < -0.4 is 0 Å². The second-order valence-electron chi connectivity index (χ2n) is 8.52. The minimum absolute atomic E-state index is 0.0965. The van der Waals surface area contributed by atoms with Crippen molar-refractivity contribution in [2.24, 2.45) is 0 Å². The summed E-state index contributed by atoms with van der Waals surface area (Å²) < 4.78 is 22.4. The summed E-state index contributed by atoms with van der Waals surface area (Å²) in [5, 5.41) is 7.48. The molecule has 7 nitrogen and oxygen atoms in total. The SMILES string of the molecule is O=C1O[C@]2(CCN(C(=O)C3(c4ccc(-n5cnnc5)cc4F)CC3)C2)c2ccccc21. The van der Waals surface area contributed by atoms with Gasteiger partial charge in [-0.1, -0.05) is 24.3 Å². The number of carbonyl (C=O) groups is 2. The summed E-state index contributed by atoms with van der Waals surface area (Å²) in [6.07, 6.45) is 4.75. The number of nitrogens with zero attached hydrogens (tertiary/aromatic N) is 4. The van der Waals surface area contributed by atoms with Crippen LogP contribution in [0, 0.1) is 5.82 Å². The van der Waals surface area contributed by atoms with Gasteiger partial charge >= 0.3 is 5.97 Å². The van der Waals surface area contributed by atoms with Gasteiger partial charge in [0.1, 0.15) is 18.5 Å². The third-order valence-electron chi connectivity index (χ3n) is 6.79. The van der Waals surface area contributed by atoms with Crippen LogP contribution >= 0.6 is 0 Å². The third-order valence-corrected chi connectivity index (χ3v) is 6.79. The van der Waals surface area contributed by atoms with Crippen molar-refractivity contribution in [3.8, 4) is 5.69 Å². The van der Waals surface area contributed by atoms with E-state index in [2.05, 4.69) is 10.2 Å². The summed E-state index contributed by atoms with van der Waals surface area (Å²) in [5.74, 6) is -0.856.